The van der Waals surface area contributed by atoms with E-state index in [0.717, 1.165) is 28.9 Å². The summed E-state index contributed by atoms with van der Waals surface area (Å²) in [5.74, 6) is 0. The van der Waals surface area contributed by atoms with Crippen LogP contribution in [-0.2, 0) is 22.6 Å². The molecule has 0 aromatic heterocycles. The molecule has 3 N–H and O–H groups in total. The minimum atomic E-state index is -4.44. The van der Waals surface area contributed by atoms with Crippen LogP contribution in [0.15, 0.2) is 71.6 Å². The normalized spacial score (nSPS) is 14.8. The SMILES string of the molecule is CCC1Nc2ccc(C(F)(F)F)cc2N1c1ccc(CCNC(=O)NS(=O)(=O)c2ccc(C)cc2)cc1.[NaH]. The molecule has 0 spiro atoms. The van der Waals surface area contributed by atoms with E-state index in [4.69, 9.17) is 0 Å². The van der Waals surface area contributed by atoms with Crippen molar-refractivity contribution in [3.8, 4) is 0 Å². The second-order valence-electron chi connectivity index (χ2n) is 8.76. The number of amides is 2. The topological polar surface area (TPSA) is 90.5 Å². The quantitative estimate of drug-likeness (QED) is 0.361. The molecule has 7 nitrogen and oxygen atoms in total. The van der Waals surface area contributed by atoms with E-state index in [2.05, 4.69) is 10.6 Å². The number of benzene rings is 3. The number of hydrogen-bond acceptors (Lipinski definition) is 5. The van der Waals surface area contributed by atoms with Gasteiger partial charge >= 0.3 is 41.8 Å². The van der Waals surface area contributed by atoms with Gasteiger partial charge in [0.15, 0.2) is 0 Å². The number of rotatable bonds is 7. The van der Waals surface area contributed by atoms with E-state index in [1.807, 2.05) is 47.7 Å². The van der Waals surface area contributed by atoms with E-state index < -0.39 is 27.8 Å². The van der Waals surface area contributed by atoms with E-state index in [9.17, 15) is 26.4 Å². The Bertz CT molecular complexity index is 1380. The van der Waals surface area contributed by atoms with Crippen molar-refractivity contribution in [3.05, 3.63) is 83.4 Å². The standard InChI is InChI=1S/C26H27F3N4O3S.Na.H/c1-3-24-31-22-13-8-19(26(27,28)29)16-23(22)33(24)20-9-6-18(7-10-20)14-15-30-25(34)32-37(35,36)21-11-4-17(2)5-12-21;;/h4-13,16,24,31H,3,14-15H2,1-2H3,(H2,30,32,34);;. The van der Waals surface area contributed by atoms with E-state index in [1.165, 1.54) is 18.2 Å². The summed E-state index contributed by atoms with van der Waals surface area (Å²) in [6.07, 6.45) is -3.52. The first kappa shape index (κ1) is 29.8. The van der Waals surface area contributed by atoms with Gasteiger partial charge in [0.05, 0.1) is 21.8 Å². The number of hydrogen-bond donors (Lipinski definition) is 3. The summed E-state index contributed by atoms with van der Waals surface area (Å²) in [4.78, 5) is 13.9. The van der Waals surface area contributed by atoms with Gasteiger partial charge in [0, 0.05) is 12.2 Å². The molecule has 0 fully saturated rings. The Hall–Kier alpha value is -2.73. The molecule has 12 heteroatoms. The van der Waals surface area contributed by atoms with Crippen molar-refractivity contribution in [1.82, 2.24) is 10.0 Å². The second kappa shape index (κ2) is 12.0. The van der Waals surface area contributed by atoms with Crippen molar-refractivity contribution in [3.63, 3.8) is 0 Å². The van der Waals surface area contributed by atoms with Crippen molar-refractivity contribution in [1.29, 1.82) is 0 Å². The zero-order valence-corrected chi connectivity index (χ0v) is 21.1. The van der Waals surface area contributed by atoms with Crippen LogP contribution in [0.25, 0.3) is 0 Å². The average molecular weight is 557 g/mol. The zero-order chi connectivity index (χ0) is 26.8. The van der Waals surface area contributed by atoms with Crippen LogP contribution in [0.5, 0.6) is 0 Å². The number of carbonyl (C=O) groups is 1. The van der Waals surface area contributed by atoms with Gasteiger partial charge < -0.3 is 15.5 Å². The molecule has 3 aromatic rings. The molecule has 2 amide bonds. The monoisotopic (exact) mass is 556 g/mol. The van der Waals surface area contributed by atoms with Crippen molar-refractivity contribution >= 4 is 62.7 Å². The van der Waals surface area contributed by atoms with Gasteiger partial charge in [-0.25, -0.2) is 17.9 Å². The summed E-state index contributed by atoms with van der Waals surface area (Å²) in [6.45, 7) is 3.97. The van der Waals surface area contributed by atoms with Crippen LogP contribution in [0.4, 0.5) is 35.0 Å². The molecule has 1 aliphatic rings. The predicted octanol–water partition coefficient (Wildman–Crippen LogP) is 4.90. The number of nitrogens with one attached hydrogen (secondary N) is 3. The van der Waals surface area contributed by atoms with Crippen molar-refractivity contribution in [2.24, 2.45) is 0 Å². The molecule has 0 saturated heterocycles. The van der Waals surface area contributed by atoms with Gasteiger partial charge in [-0.05, 0) is 67.8 Å². The third-order valence-electron chi connectivity index (χ3n) is 6.08. The molecular formula is C26H28F3N4NaO3S. The molecule has 0 aliphatic carbocycles. The Kier molecular flexibility index (Phi) is 9.40. The Labute approximate surface area is 242 Å². The molecule has 1 unspecified atom stereocenters. The van der Waals surface area contributed by atoms with Crippen molar-refractivity contribution < 1.29 is 26.4 Å². The van der Waals surface area contributed by atoms with Gasteiger partial charge in [-0.3, -0.25) is 0 Å². The Morgan fingerprint density at radius 1 is 1.03 bits per heavy atom. The Morgan fingerprint density at radius 2 is 1.68 bits per heavy atom. The summed E-state index contributed by atoms with van der Waals surface area (Å²) in [5, 5.41) is 5.79. The first-order valence-electron chi connectivity index (χ1n) is 11.7. The number of urea groups is 1. The van der Waals surface area contributed by atoms with Crippen LogP contribution in [0.1, 0.15) is 30.0 Å². The first-order chi connectivity index (χ1) is 17.5. The molecule has 4 rings (SSSR count). The second-order valence-corrected chi connectivity index (χ2v) is 10.4. The number of halogens is 3. The van der Waals surface area contributed by atoms with Gasteiger partial charge in [0.2, 0.25) is 0 Å². The first-order valence-corrected chi connectivity index (χ1v) is 13.2. The minimum absolute atomic E-state index is 0. The fourth-order valence-corrected chi connectivity index (χ4v) is 5.05. The Morgan fingerprint density at radius 3 is 2.29 bits per heavy atom. The number of alkyl halides is 3. The van der Waals surface area contributed by atoms with Gasteiger partial charge in [-0.1, -0.05) is 36.8 Å². The fourth-order valence-electron chi connectivity index (χ4n) is 4.12. The number of nitrogens with zero attached hydrogens (tertiary/aromatic N) is 1. The molecule has 0 bridgehead atoms. The number of carbonyl (C=O) groups excluding carboxylic acids is 1. The number of sulfonamides is 1. The fraction of sp³-hybridized carbons (Fsp3) is 0.269. The van der Waals surface area contributed by atoms with Crippen LogP contribution in [0, 0.1) is 6.92 Å². The molecule has 38 heavy (non-hydrogen) atoms. The van der Waals surface area contributed by atoms with Gasteiger partial charge in [-0.2, -0.15) is 13.2 Å². The summed E-state index contributed by atoms with van der Waals surface area (Å²) >= 11 is 0. The summed E-state index contributed by atoms with van der Waals surface area (Å²) in [6, 6.07) is 16.3. The molecule has 1 atom stereocenters. The van der Waals surface area contributed by atoms with Crippen LogP contribution < -0.4 is 20.3 Å². The van der Waals surface area contributed by atoms with E-state index in [0.29, 0.717) is 24.2 Å². The van der Waals surface area contributed by atoms with Crippen molar-refractivity contribution in [2.45, 2.75) is 43.9 Å². The van der Waals surface area contributed by atoms with Crippen molar-refractivity contribution in [2.75, 3.05) is 16.8 Å². The van der Waals surface area contributed by atoms with E-state index >= 15 is 0 Å². The number of anilines is 3. The number of aryl methyl sites for hydroxylation is 1. The van der Waals surface area contributed by atoms with Crippen LogP contribution in [0.2, 0.25) is 0 Å². The third-order valence-corrected chi connectivity index (χ3v) is 7.42. The van der Waals surface area contributed by atoms with E-state index in [-0.39, 0.29) is 47.2 Å². The molecule has 1 aliphatic heterocycles. The molecule has 0 saturated carbocycles. The van der Waals surface area contributed by atoms with Crippen LogP contribution in [-0.4, -0.2) is 56.7 Å². The van der Waals surface area contributed by atoms with Gasteiger partial charge in [-0.15, -0.1) is 0 Å². The van der Waals surface area contributed by atoms with Gasteiger partial charge in [0.1, 0.15) is 6.17 Å². The maximum absolute atomic E-state index is 13.3. The molecule has 1 heterocycles. The molecule has 3 aromatic carbocycles. The molecular weight excluding hydrogens is 528 g/mol. The summed E-state index contributed by atoms with van der Waals surface area (Å²) in [7, 11) is -3.97. The Balaban J connectivity index is 0.00000400. The predicted molar refractivity (Wildman–Crippen MR) is 143 cm³/mol. The maximum atomic E-state index is 13.3. The zero-order valence-electron chi connectivity index (χ0n) is 20.3. The van der Waals surface area contributed by atoms with Crippen LogP contribution >= 0.6 is 0 Å². The number of fused-ring (bicyclic) bond motifs is 1. The molecule has 198 valence electrons. The van der Waals surface area contributed by atoms with E-state index in [1.54, 1.807) is 12.1 Å². The summed E-state index contributed by atoms with van der Waals surface area (Å²) < 4.78 is 66.5. The molecule has 0 radical (unpaired) electrons. The average Bonchev–Trinajstić information content (AvgIpc) is 3.22. The summed E-state index contributed by atoms with van der Waals surface area (Å²) in [5.41, 5.74) is 2.89. The van der Waals surface area contributed by atoms with Gasteiger partial charge in [0.25, 0.3) is 10.0 Å². The van der Waals surface area contributed by atoms with Crippen LogP contribution in [0.3, 0.4) is 0 Å². The third kappa shape index (κ3) is 6.82.